The highest BCUT2D eigenvalue weighted by Crippen LogP contribution is 2.26. The molecule has 0 aliphatic carbocycles. The summed E-state index contributed by atoms with van der Waals surface area (Å²) in [5.74, 6) is 0. The van der Waals surface area contributed by atoms with Crippen LogP contribution in [0.5, 0.6) is 0 Å². The number of rotatable bonds is 2. The average molecular weight is 233 g/mol. The number of anilines is 1. The molecule has 0 bridgehead atoms. The molecule has 1 aromatic carbocycles. The summed E-state index contributed by atoms with van der Waals surface area (Å²) < 4.78 is 5.74. The van der Waals surface area contributed by atoms with Gasteiger partial charge in [0.2, 0.25) is 0 Å². The molecule has 1 unspecified atom stereocenters. The van der Waals surface area contributed by atoms with Gasteiger partial charge < -0.3 is 10.1 Å². The van der Waals surface area contributed by atoms with Gasteiger partial charge in [-0.25, -0.2) is 0 Å². The molecule has 1 aliphatic rings. The third kappa shape index (κ3) is 3.22. The Morgan fingerprint density at radius 2 is 2.00 bits per heavy atom. The molecule has 1 saturated heterocycles. The molecule has 1 atom stereocenters. The van der Waals surface area contributed by atoms with Crippen LogP contribution in [0.4, 0.5) is 5.69 Å². The molecule has 2 heteroatoms. The Morgan fingerprint density at radius 1 is 1.24 bits per heavy atom. The topological polar surface area (TPSA) is 21.3 Å². The molecule has 2 rings (SSSR count). The van der Waals surface area contributed by atoms with Crippen LogP contribution in [0.25, 0.3) is 0 Å². The van der Waals surface area contributed by atoms with Gasteiger partial charge in [-0.3, -0.25) is 0 Å². The first kappa shape index (κ1) is 12.4. The first-order chi connectivity index (χ1) is 7.96. The second kappa shape index (κ2) is 4.69. The Balaban J connectivity index is 2.03. The van der Waals surface area contributed by atoms with Gasteiger partial charge >= 0.3 is 0 Å². The van der Waals surface area contributed by atoms with Gasteiger partial charge in [0, 0.05) is 18.3 Å². The van der Waals surface area contributed by atoms with E-state index in [1.165, 1.54) is 16.8 Å². The van der Waals surface area contributed by atoms with E-state index in [4.69, 9.17) is 4.74 Å². The van der Waals surface area contributed by atoms with Crippen LogP contribution in [0.1, 0.15) is 37.8 Å². The fourth-order valence-corrected chi connectivity index (χ4v) is 2.42. The lowest BCUT2D eigenvalue weighted by Crippen LogP contribution is -2.40. The first-order valence-electron chi connectivity index (χ1n) is 6.44. The number of nitrogens with one attached hydrogen (secondary N) is 1. The van der Waals surface area contributed by atoms with Gasteiger partial charge in [0.15, 0.2) is 0 Å². The Morgan fingerprint density at radius 3 is 2.65 bits per heavy atom. The number of benzene rings is 1. The van der Waals surface area contributed by atoms with E-state index in [0.29, 0.717) is 6.04 Å². The van der Waals surface area contributed by atoms with Crippen LogP contribution < -0.4 is 5.32 Å². The SMILES string of the molecule is Cc1ccc(NC2CCOC(C)(C)C2)cc1C. The molecule has 2 nitrogen and oxygen atoms in total. The van der Waals surface area contributed by atoms with Crippen LogP contribution in [0.3, 0.4) is 0 Å². The highest BCUT2D eigenvalue weighted by atomic mass is 16.5. The van der Waals surface area contributed by atoms with E-state index in [-0.39, 0.29) is 5.60 Å². The van der Waals surface area contributed by atoms with E-state index in [2.05, 4.69) is 51.2 Å². The van der Waals surface area contributed by atoms with Crippen LogP contribution in [0, 0.1) is 13.8 Å². The molecule has 94 valence electrons. The minimum atomic E-state index is 0.00958. The maximum absolute atomic E-state index is 5.74. The molecule has 1 heterocycles. The predicted octanol–water partition coefficient (Wildman–Crippen LogP) is 3.67. The molecule has 0 amide bonds. The summed E-state index contributed by atoms with van der Waals surface area (Å²) in [4.78, 5) is 0. The van der Waals surface area contributed by atoms with Crippen molar-refractivity contribution in [1.82, 2.24) is 0 Å². The lowest BCUT2D eigenvalue weighted by atomic mass is 9.93. The van der Waals surface area contributed by atoms with Gasteiger partial charge in [0.1, 0.15) is 0 Å². The molecule has 1 aromatic rings. The first-order valence-corrected chi connectivity index (χ1v) is 6.44. The fraction of sp³-hybridized carbons (Fsp3) is 0.600. The number of hydrogen-bond acceptors (Lipinski definition) is 2. The van der Waals surface area contributed by atoms with Gasteiger partial charge in [0.05, 0.1) is 5.60 Å². The third-order valence-electron chi connectivity index (χ3n) is 3.57. The normalized spacial score (nSPS) is 23.4. The van der Waals surface area contributed by atoms with Crippen molar-refractivity contribution in [3.05, 3.63) is 29.3 Å². The number of hydrogen-bond donors (Lipinski definition) is 1. The summed E-state index contributed by atoms with van der Waals surface area (Å²) in [7, 11) is 0. The van der Waals surface area contributed by atoms with E-state index in [9.17, 15) is 0 Å². The second-order valence-electron chi connectivity index (χ2n) is 5.74. The lowest BCUT2D eigenvalue weighted by molar-refractivity contribution is -0.0553. The summed E-state index contributed by atoms with van der Waals surface area (Å²) in [5, 5.41) is 3.62. The zero-order valence-corrected chi connectivity index (χ0v) is 11.3. The zero-order valence-electron chi connectivity index (χ0n) is 11.3. The summed E-state index contributed by atoms with van der Waals surface area (Å²) in [6, 6.07) is 7.12. The van der Waals surface area contributed by atoms with Crippen LogP contribution in [-0.4, -0.2) is 18.2 Å². The summed E-state index contributed by atoms with van der Waals surface area (Å²) in [6.45, 7) is 9.50. The van der Waals surface area contributed by atoms with Crippen molar-refractivity contribution < 1.29 is 4.74 Å². The Labute approximate surface area is 104 Å². The van der Waals surface area contributed by atoms with Gasteiger partial charge in [-0.15, -0.1) is 0 Å². The van der Waals surface area contributed by atoms with Gasteiger partial charge in [-0.1, -0.05) is 6.07 Å². The zero-order chi connectivity index (χ0) is 12.5. The van der Waals surface area contributed by atoms with Crippen molar-refractivity contribution in [1.29, 1.82) is 0 Å². The van der Waals surface area contributed by atoms with E-state index in [1.54, 1.807) is 0 Å². The van der Waals surface area contributed by atoms with Crippen LogP contribution >= 0.6 is 0 Å². The molecule has 0 saturated carbocycles. The Bertz CT molecular complexity index is 398. The van der Waals surface area contributed by atoms with Crippen LogP contribution in [0.2, 0.25) is 0 Å². The van der Waals surface area contributed by atoms with E-state index in [1.807, 2.05) is 0 Å². The summed E-state index contributed by atoms with van der Waals surface area (Å²) >= 11 is 0. The molecular weight excluding hydrogens is 210 g/mol. The van der Waals surface area contributed by atoms with Crippen molar-refractivity contribution >= 4 is 5.69 Å². The molecule has 1 fully saturated rings. The molecule has 0 radical (unpaired) electrons. The monoisotopic (exact) mass is 233 g/mol. The van der Waals surface area contributed by atoms with Gasteiger partial charge in [-0.2, -0.15) is 0 Å². The standard InChI is InChI=1S/C15H23NO/c1-11-5-6-13(9-12(11)2)16-14-7-8-17-15(3,4)10-14/h5-6,9,14,16H,7-8,10H2,1-4H3. The molecule has 1 N–H and O–H groups in total. The molecule has 17 heavy (non-hydrogen) atoms. The van der Waals surface area contributed by atoms with E-state index < -0.39 is 0 Å². The average Bonchev–Trinajstić information content (AvgIpc) is 2.22. The van der Waals surface area contributed by atoms with Crippen molar-refractivity contribution in [2.45, 2.75) is 52.2 Å². The third-order valence-corrected chi connectivity index (χ3v) is 3.57. The minimum Gasteiger partial charge on any atom is -0.382 e. The van der Waals surface area contributed by atoms with Gasteiger partial charge in [0.25, 0.3) is 0 Å². The second-order valence-corrected chi connectivity index (χ2v) is 5.74. The van der Waals surface area contributed by atoms with Crippen LogP contribution in [0.15, 0.2) is 18.2 Å². The molecule has 0 aromatic heterocycles. The van der Waals surface area contributed by atoms with E-state index in [0.717, 1.165) is 19.4 Å². The maximum Gasteiger partial charge on any atom is 0.0646 e. The quantitative estimate of drug-likeness (QED) is 0.841. The maximum atomic E-state index is 5.74. The summed E-state index contributed by atoms with van der Waals surface area (Å²) in [5.41, 5.74) is 3.94. The highest BCUT2D eigenvalue weighted by Gasteiger charge is 2.28. The van der Waals surface area contributed by atoms with E-state index >= 15 is 0 Å². The van der Waals surface area contributed by atoms with Crippen molar-refractivity contribution in [3.63, 3.8) is 0 Å². The summed E-state index contributed by atoms with van der Waals surface area (Å²) in [6.07, 6.45) is 2.16. The number of ether oxygens (including phenoxy) is 1. The van der Waals surface area contributed by atoms with Crippen molar-refractivity contribution in [2.75, 3.05) is 11.9 Å². The molecule has 1 aliphatic heterocycles. The van der Waals surface area contributed by atoms with Crippen LogP contribution in [-0.2, 0) is 4.74 Å². The molecule has 0 spiro atoms. The van der Waals surface area contributed by atoms with Crippen molar-refractivity contribution in [3.8, 4) is 0 Å². The smallest absolute Gasteiger partial charge is 0.0646 e. The predicted molar refractivity (Wildman–Crippen MR) is 72.6 cm³/mol. The largest absolute Gasteiger partial charge is 0.382 e. The number of aryl methyl sites for hydroxylation is 2. The minimum absolute atomic E-state index is 0.00958. The highest BCUT2D eigenvalue weighted by molar-refractivity contribution is 5.48. The lowest BCUT2D eigenvalue weighted by Gasteiger charge is -2.36. The van der Waals surface area contributed by atoms with Crippen molar-refractivity contribution in [2.24, 2.45) is 0 Å². The van der Waals surface area contributed by atoms with Gasteiger partial charge in [-0.05, 0) is 63.8 Å². The molecular formula is C15H23NO. The Hall–Kier alpha value is -1.02. The fourth-order valence-electron chi connectivity index (χ4n) is 2.42. The Kier molecular flexibility index (Phi) is 3.43.